The van der Waals surface area contributed by atoms with Crippen LogP contribution in [0.3, 0.4) is 0 Å². The van der Waals surface area contributed by atoms with E-state index in [0.29, 0.717) is 52.2 Å². The Bertz CT molecular complexity index is 3010. The van der Waals surface area contributed by atoms with Gasteiger partial charge in [-0.1, -0.05) is 23.2 Å². The van der Waals surface area contributed by atoms with Crippen LogP contribution in [-0.4, -0.2) is 154 Å². The number of hydrogen-bond donors (Lipinski definition) is 8. The number of imide groups is 1. The van der Waals surface area contributed by atoms with E-state index in [9.17, 15) is 41.8 Å². The van der Waals surface area contributed by atoms with Crippen LogP contribution < -0.4 is 40.4 Å². The van der Waals surface area contributed by atoms with E-state index in [4.69, 9.17) is 63.9 Å². The third-order valence-corrected chi connectivity index (χ3v) is 12.2. The summed E-state index contributed by atoms with van der Waals surface area (Å²) in [5.74, 6) is -2.04. The molecule has 0 saturated carbocycles. The highest BCUT2D eigenvalue weighted by Crippen LogP contribution is 2.37. The van der Waals surface area contributed by atoms with Gasteiger partial charge in [0.15, 0.2) is 5.03 Å². The molecule has 1 aliphatic heterocycles. The Hall–Kier alpha value is -7.11. The molecule has 3 aromatic heterocycles. The molecule has 8 N–H and O–H groups in total. The second-order valence-corrected chi connectivity index (χ2v) is 20.5. The lowest BCUT2D eigenvalue weighted by atomic mass is 9.93. The van der Waals surface area contributed by atoms with Crippen molar-refractivity contribution in [2.24, 2.45) is 0 Å². The van der Waals surface area contributed by atoms with Gasteiger partial charge in [-0.3, -0.25) is 34.4 Å². The summed E-state index contributed by atoms with van der Waals surface area (Å²) in [4.78, 5) is 113. The highest BCUT2D eigenvalue weighted by atomic mass is 35.5. The van der Waals surface area contributed by atoms with Gasteiger partial charge < -0.3 is 44.6 Å². The molecule has 28 nitrogen and oxygen atoms in total. The molecule has 0 saturated heterocycles. The number of urea groups is 1. The van der Waals surface area contributed by atoms with Gasteiger partial charge in [0.05, 0.1) is 51.0 Å². The molecule has 0 radical (unpaired) electrons. The van der Waals surface area contributed by atoms with Gasteiger partial charge in [0.2, 0.25) is 34.9 Å². The predicted molar refractivity (Wildman–Crippen MR) is 287 cm³/mol. The summed E-state index contributed by atoms with van der Waals surface area (Å²) in [5.41, 5.74) is 1.86. The topological polar surface area (TPSA) is 386 Å². The van der Waals surface area contributed by atoms with Crippen LogP contribution in [0.15, 0.2) is 63.8 Å². The Morgan fingerprint density at radius 1 is 0.897 bits per heavy atom. The lowest BCUT2D eigenvalue weighted by molar-refractivity contribution is -0.138. The van der Waals surface area contributed by atoms with Crippen LogP contribution >= 0.6 is 42.4 Å². The number of pyridine rings is 1. The molecule has 33 heteroatoms. The number of methoxy groups -OCH3 is 2. The molecule has 4 aromatic rings. The van der Waals surface area contributed by atoms with Gasteiger partial charge in [-0.15, -0.1) is 0 Å². The van der Waals surface area contributed by atoms with Crippen molar-refractivity contribution in [2.45, 2.75) is 64.4 Å². The Kier molecular flexibility index (Phi) is 25.7. The number of halogens is 3. The quantitative estimate of drug-likeness (QED) is 0.0284. The Labute approximate surface area is 462 Å². The van der Waals surface area contributed by atoms with Crippen molar-refractivity contribution >= 4 is 118 Å². The average Bonchev–Trinajstić information content (AvgIpc) is 3.63. The number of carboxylic acids is 1. The summed E-state index contributed by atoms with van der Waals surface area (Å²) in [6, 6.07) is 7.91. The third kappa shape index (κ3) is 20.7. The molecule has 0 bridgehead atoms. The van der Waals surface area contributed by atoms with Crippen LogP contribution in [0, 0.1) is 0 Å². The highest BCUT2D eigenvalue weighted by molar-refractivity contribution is 7.90. The monoisotopic (exact) mass is 1190 g/mol. The van der Waals surface area contributed by atoms with Crippen LogP contribution in [0.2, 0.25) is 10.3 Å². The van der Waals surface area contributed by atoms with E-state index in [1.807, 2.05) is 20.8 Å². The third-order valence-electron chi connectivity index (χ3n) is 9.55. The summed E-state index contributed by atoms with van der Waals surface area (Å²) >= 11 is 17.9. The number of carboxylic acid groups (broad SMARTS) is 1. The summed E-state index contributed by atoms with van der Waals surface area (Å²) in [6.45, 7) is 8.16. The van der Waals surface area contributed by atoms with Crippen molar-refractivity contribution in [3.05, 3.63) is 80.2 Å². The first-order valence-electron chi connectivity index (χ1n) is 23.0. The van der Waals surface area contributed by atoms with Gasteiger partial charge in [0.25, 0.3) is 27.7 Å². The van der Waals surface area contributed by atoms with E-state index < -0.39 is 59.4 Å². The number of carbonyl (C=O) groups is 6. The number of anilines is 4. The van der Waals surface area contributed by atoms with Gasteiger partial charge in [-0.2, -0.15) is 33.3 Å². The van der Waals surface area contributed by atoms with Crippen LogP contribution in [-0.2, 0) is 38.5 Å². The molecule has 0 atom stereocenters. The van der Waals surface area contributed by atoms with Gasteiger partial charge in [-0.05, 0) is 107 Å². The number of sulfonamides is 1. The number of benzene rings is 1. The molecular formula is C45H57Cl3N13O15PS. The van der Waals surface area contributed by atoms with Crippen molar-refractivity contribution in [1.82, 2.24) is 44.8 Å². The zero-order valence-corrected chi connectivity index (χ0v) is 47.1. The summed E-state index contributed by atoms with van der Waals surface area (Å²) in [6.07, 6.45) is 5.04. The Morgan fingerprint density at radius 2 is 1.50 bits per heavy atom. The normalized spacial score (nSPS) is 13.1. The maximum atomic E-state index is 12.7. The number of ether oxygens (including phenoxy) is 3. The number of hydrogen-bond acceptors (Lipinski definition) is 21. The molecule has 6 rings (SSSR count). The fourth-order valence-corrected chi connectivity index (χ4v) is 8.29. The smallest absolute Gasteiger partial charge is 0.349 e. The fraction of sp³-hybridized carbons (Fsp3) is 0.378. The second kappa shape index (κ2) is 30.7. The lowest BCUT2D eigenvalue weighted by Crippen LogP contribution is -2.36. The molecular weight excluding hydrogens is 1130 g/mol. The minimum Gasteiger partial charge on any atom is -0.481 e. The van der Waals surface area contributed by atoms with Crippen LogP contribution in [0.1, 0.15) is 69.3 Å². The van der Waals surface area contributed by atoms with Crippen molar-refractivity contribution < 1.29 is 70.9 Å². The van der Waals surface area contributed by atoms with Crippen molar-refractivity contribution in [2.75, 3.05) is 75.1 Å². The Balaban J connectivity index is 0.000000294. The van der Waals surface area contributed by atoms with E-state index in [0.717, 1.165) is 19.4 Å². The molecule has 78 heavy (non-hydrogen) atoms. The molecule has 4 heterocycles. The van der Waals surface area contributed by atoms with Crippen molar-refractivity contribution in [1.29, 1.82) is 0 Å². The molecule has 2 aliphatic rings. The zero-order chi connectivity index (χ0) is 58.5. The van der Waals surface area contributed by atoms with E-state index in [1.165, 1.54) is 68.6 Å². The number of aliphatic carboxylic acids is 1. The maximum absolute atomic E-state index is 12.7. The van der Waals surface area contributed by atoms with E-state index in [-0.39, 0.29) is 58.1 Å². The average molecular weight is 1190 g/mol. The summed E-state index contributed by atoms with van der Waals surface area (Å²) in [5, 5.41) is 18.1. The minimum atomic E-state index is -4.46. The number of aromatic nitrogens is 6. The highest BCUT2D eigenvalue weighted by Gasteiger charge is 2.40. The van der Waals surface area contributed by atoms with Crippen molar-refractivity contribution in [3.8, 4) is 11.8 Å². The molecule has 1 aromatic carbocycles. The molecule has 0 fully saturated rings. The molecule has 0 unspecified atom stereocenters. The maximum Gasteiger partial charge on any atom is 0.349 e. The first kappa shape index (κ1) is 65.2. The lowest BCUT2D eigenvalue weighted by Gasteiger charge is -2.16. The van der Waals surface area contributed by atoms with Gasteiger partial charge in [0, 0.05) is 49.0 Å². The van der Waals surface area contributed by atoms with Gasteiger partial charge in [0.1, 0.15) is 5.03 Å². The number of amides is 5. The van der Waals surface area contributed by atoms with Crippen LogP contribution in [0.25, 0.3) is 6.08 Å². The van der Waals surface area contributed by atoms with Crippen molar-refractivity contribution in [3.63, 3.8) is 0 Å². The van der Waals surface area contributed by atoms with E-state index in [1.54, 1.807) is 29.8 Å². The molecule has 5 amide bonds. The number of carbonyl (C=O) groups excluding carboxylic acids is 5. The minimum absolute atomic E-state index is 0.0913. The van der Waals surface area contributed by atoms with E-state index in [2.05, 4.69) is 51.2 Å². The molecule has 0 spiro atoms. The fourth-order valence-electron chi connectivity index (χ4n) is 6.34. The number of nitrogens with one attached hydrogen (secondary N) is 5. The molecule has 424 valence electrons. The first-order valence-corrected chi connectivity index (χ1v) is 27.4. The second-order valence-electron chi connectivity index (χ2n) is 16.1. The van der Waals surface area contributed by atoms with Crippen LogP contribution in [0.4, 0.5) is 28.3 Å². The van der Waals surface area contributed by atoms with E-state index >= 15 is 0 Å². The van der Waals surface area contributed by atoms with Gasteiger partial charge >= 0.3 is 25.6 Å². The number of nitrogens with zero attached hydrogens (tertiary/aromatic N) is 8. The first-order chi connectivity index (χ1) is 36.6. The predicted octanol–water partition coefficient (Wildman–Crippen LogP) is 4.90. The SMILES string of the molecule is CCNc1nc(Cl)nc(NC(C)C)n1.CCOC(=O)/C(Cl)=C/c1cc(N2C(=O)C3=C(CCCC3)C2=O)ccc1Cl.COc1cc(OC)nc(NC(=O)NS(=O)(=O)c2ncccc2C(=O)N(C)C)n1.O=C(O)CNCP(=O)(O)O. The standard InChI is InChI=1S/C19H17Cl2NO4.C15H18N6O6S.C8H14ClN5.C3H8NO5P/c1-2-26-19(25)16(21)10-11-9-12(7-8-15(11)20)22-17(23)13-5-3-4-6-14(13)18(22)24;1-21(2)13(22)9-6-5-7-16-12(9)28(24,25)20-15(23)19-14-17-10(26-3)8-11(18-14)27-4;1-4-10-7-12-6(9)13-8(14-7)11-5(2)3;5-3(6)1-4-2-10(7,8)9/h7-10H,2-6H2,1H3;5-8H,1-4H3,(H2,17,18,19,20,23);5H,4H2,1-3H3,(H2,10,11,12,13,14);4H,1-2H2,(H,5,6)(H2,7,8,9)/b16-10-;;;. The van der Waals surface area contributed by atoms with Gasteiger partial charge in [-0.25, -0.2) is 24.2 Å². The summed E-state index contributed by atoms with van der Waals surface area (Å²) < 4.78 is 51.6. The molecule has 1 aliphatic carbocycles. The number of rotatable bonds is 18. The number of esters is 1. The summed E-state index contributed by atoms with van der Waals surface area (Å²) in [7, 11) is -2.94. The Morgan fingerprint density at radius 3 is 2.03 bits per heavy atom. The van der Waals surface area contributed by atoms with Crippen LogP contribution in [0.5, 0.6) is 11.8 Å². The zero-order valence-electron chi connectivity index (χ0n) is 43.2. The largest absolute Gasteiger partial charge is 0.481 e.